The number of hydrogen-bond acceptors (Lipinski definition) is 5. The lowest BCUT2D eigenvalue weighted by atomic mass is 10.1. The van der Waals surface area contributed by atoms with Crippen LogP contribution < -0.4 is 5.32 Å². The van der Waals surface area contributed by atoms with Gasteiger partial charge in [-0.05, 0) is 37.8 Å². The molecule has 0 bridgehead atoms. The highest BCUT2D eigenvalue weighted by Gasteiger charge is 2.21. The van der Waals surface area contributed by atoms with Gasteiger partial charge in [-0.2, -0.15) is 5.26 Å². The normalized spacial score (nSPS) is 18.1. The number of benzene rings is 1. The van der Waals surface area contributed by atoms with Crippen molar-refractivity contribution >= 4 is 22.2 Å². The molecule has 1 aromatic carbocycles. The van der Waals surface area contributed by atoms with E-state index in [4.69, 9.17) is 9.47 Å². The average molecular weight is 370 g/mol. The minimum Gasteiger partial charge on any atom is -0.376 e. The molecule has 0 unspecified atom stereocenters. The monoisotopic (exact) mass is 370 g/mol. The molecule has 136 valence electrons. The molecule has 1 aliphatic rings. The molecule has 1 aliphatic heterocycles. The maximum atomic E-state index is 12.4. The summed E-state index contributed by atoms with van der Waals surface area (Å²) in [6.07, 6.45) is 2.66. The van der Waals surface area contributed by atoms with E-state index in [0.29, 0.717) is 17.2 Å². The van der Waals surface area contributed by atoms with E-state index in [1.807, 2.05) is 30.3 Å². The standard InChI is InChI=1S/C20H22N2O3S/c1-14(25-13-17-9-5-6-10-24-17)19(23)22-20-16(12-21)11-18(26-20)15-7-3-2-4-8-15/h2-4,7-8,11,14,17H,5-6,9-10,13H2,1H3,(H,22,23)/t14-,17+/m1/s1. The minimum atomic E-state index is -0.602. The summed E-state index contributed by atoms with van der Waals surface area (Å²) >= 11 is 1.39. The molecular weight excluding hydrogens is 348 g/mol. The number of hydrogen-bond donors (Lipinski definition) is 1. The molecule has 1 saturated heterocycles. The fourth-order valence-electron chi connectivity index (χ4n) is 2.79. The number of rotatable bonds is 6. The van der Waals surface area contributed by atoms with Gasteiger partial charge in [0, 0.05) is 11.5 Å². The van der Waals surface area contributed by atoms with E-state index >= 15 is 0 Å². The van der Waals surface area contributed by atoms with E-state index in [2.05, 4.69) is 11.4 Å². The predicted octanol–water partition coefficient (Wildman–Crippen LogP) is 4.20. The van der Waals surface area contributed by atoms with Crippen molar-refractivity contribution in [2.45, 2.75) is 38.4 Å². The second kappa shape index (κ2) is 8.95. The maximum Gasteiger partial charge on any atom is 0.253 e. The summed E-state index contributed by atoms with van der Waals surface area (Å²) in [5.74, 6) is -0.251. The van der Waals surface area contributed by atoms with Crippen molar-refractivity contribution < 1.29 is 14.3 Å². The fourth-order valence-corrected chi connectivity index (χ4v) is 3.81. The highest BCUT2D eigenvalue weighted by Crippen LogP contribution is 2.35. The molecule has 0 aliphatic carbocycles. The van der Waals surface area contributed by atoms with Gasteiger partial charge >= 0.3 is 0 Å². The van der Waals surface area contributed by atoms with Crippen molar-refractivity contribution in [3.63, 3.8) is 0 Å². The smallest absolute Gasteiger partial charge is 0.253 e. The van der Waals surface area contributed by atoms with Crippen LogP contribution in [-0.2, 0) is 14.3 Å². The van der Waals surface area contributed by atoms with Crippen LogP contribution in [0.5, 0.6) is 0 Å². The molecule has 0 spiro atoms. The van der Waals surface area contributed by atoms with Gasteiger partial charge in [0.2, 0.25) is 0 Å². The van der Waals surface area contributed by atoms with Gasteiger partial charge in [0.1, 0.15) is 17.2 Å². The van der Waals surface area contributed by atoms with Gasteiger partial charge in [-0.3, -0.25) is 4.79 Å². The van der Waals surface area contributed by atoms with Crippen LogP contribution in [0, 0.1) is 11.3 Å². The fraction of sp³-hybridized carbons (Fsp3) is 0.400. The lowest BCUT2D eigenvalue weighted by molar-refractivity contribution is -0.130. The largest absolute Gasteiger partial charge is 0.376 e. The Morgan fingerprint density at radius 2 is 2.23 bits per heavy atom. The molecular formula is C20H22N2O3S. The Hall–Kier alpha value is -2.20. The first-order chi connectivity index (χ1) is 12.7. The van der Waals surface area contributed by atoms with Crippen LogP contribution in [0.1, 0.15) is 31.7 Å². The van der Waals surface area contributed by atoms with Gasteiger partial charge in [-0.25, -0.2) is 0 Å². The van der Waals surface area contributed by atoms with E-state index in [1.54, 1.807) is 13.0 Å². The number of amides is 1. The molecule has 1 fully saturated rings. The van der Waals surface area contributed by atoms with Crippen molar-refractivity contribution in [1.29, 1.82) is 5.26 Å². The van der Waals surface area contributed by atoms with Crippen LogP contribution in [0.15, 0.2) is 36.4 Å². The summed E-state index contributed by atoms with van der Waals surface area (Å²) in [5.41, 5.74) is 1.48. The van der Waals surface area contributed by atoms with Crippen LogP contribution in [0.25, 0.3) is 10.4 Å². The number of ether oxygens (including phenoxy) is 2. The molecule has 5 nitrogen and oxygen atoms in total. The summed E-state index contributed by atoms with van der Waals surface area (Å²) in [4.78, 5) is 13.4. The van der Waals surface area contributed by atoms with E-state index in [9.17, 15) is 10.1 Å². The number of carbonyl (C=O) groups is 1. The molecule has 2 aromatic rings. The zero-order valence-corrected chi connectivity index (χ0v) is 15.6. The molecule has 6 heteroatoms. The minimum absolute atomic E-state index is 0.0695. The van der Waals surface area contributed by atoms with Crippen molar-refractivity contribution in [2.24, 2.45) is 0 Å². The molecule has 0 radical (unpaired) electrons. The lowest BCUT2D eigenvalue weighted by Crippen LogP contribution is -2.32. The van der Waals surface area contributed by atoms with E-state index in [1.165, 1.54) is 11.3 Å². The number of thiophene rings is 1. The highest BCUT2D eigenvalue weighted by atomic mass is 32.1. The van der Waals surface area contributed by atoms with Crippen molar-refractivity contribution in [1.82, 2.24) is 0 Å². The number of nitrogens with one attached hydrogen (secondary N) is 1. The predicted molar refractivity (Wildman–Crippen MR) is 102 cm³/mol. The van der Waals surface area contributed by atoms with Crippen LogP contribution in [-0.4, -0.2) is 31.3 Å². The number of carbonyl (C=O) groups excluding carboxylic acids is 1. The number of nitrogens with zero attached hydrogens (tertiary/aromatic N) is 1. The van der Waals surface area contributed by atoms with Crippen molar-refractivity contribution in [2.75, 3.05) is 18.5 Å². The first kappa shape index (κ1) is 18.6. The summed E-state index contributed by atoms with van der Waals surface area (Å²) in [7, 11) is 0. The molecule has 1 aromatic heterocycles. The third-order valence-corrected chi connectivity index (χ3v) is 5.42. The quantitative estimate of drug-likeness (QED) is 0.827. The Labute approximate surface area is 157 Å². The summed E-state index contributed by atoms with van der Waals surface area (Å²) in [5, 5.41) is 12.7. The number of anilines is 1. The third kappa shape index (κ3) is 4.70. The van der Waals surface area contributed by atoms with Gasteiger partial charge < -0.3 is 14.8 Å². The van der Waals surface area contributed by atoms with E-state index in [0.717, 1.165) is 36.3 Å². The van der Waals surface area contributed by atoms with Crippen LogP contribution >= 0.6 is 11.3 Å². The van der Waals surface area contributed by atoms with Gasteiger partial charge in [-0.15, -0.1) is 11.3 Å². The van der Waals surface area contributed by atoms with Crippen LogP contribution in [0.3, 0.4) is 0 Å². The SMILES string of the molecule is C[C@@H](OC[C@@H]1CCCCO1)C(=O)Nc1sc(-c2ccccc2)cc1C#N. The Balaban J connectivity index is 1.61. The van der Waals surface area contributed by atoms with Crippen LogP contribution in [0.2, 0.25) is 0 Å². The molecule has 2 heterocycles. The third-order valence-electron chi connectivity index (χ3n) is 4.32. The molecule has 26 heavy (non-hydrogen) atoms. The Morgan fingerprint density at radius 3 is 2.92 bits per heavy atom. The Bertz CT molecular complexity index is 776. The molecule has 3 rings (SSSR count). The molecule has 1 amide bonds. The first-order valence-electron chi connectivity index (χ1n) is 8.81. The topological polar surface area (TPSA) is 71.3 Å². The van der Waals surface area contributed by atoms with E-state index < -0.39 is 6.10 Å². The van der Waals surface area contributed by atoms with Gasteiger partial charge in [0.05, 0.1) is 18.3 Å². The molecule has 0 saturated carbocycles. The highest BCUT2D eigenvalue weighted by molar-refractivity contribution is 7.19. The van der Waals surface area contributed by atoms with E-state index in [-0.39, 0.29) is 12.0 Å². The zero-order valence-electron chi connectivity index (χ0n) is 14.7. The van der Waals surface area contributed by atoms with Crippen LogP contribution in [0.4, 0.5) is 5.00 Å². The Morgan fingerprint density at radius 1 is 1.42 bits per heavy atom. The molecule has 1 N–H and O–H groups in total. The zero-order chi connectivity index (χ0) is 18.4. The maximum absolute atomic E-state index is 12.4. The lowest BCUT2D eigenvalue weighted by Gasteiger charge is -2.23. The summed E-state index contributed by atoms with van der Waals surface area (Å²) in [6, 6.07) is 13.8. The average Bonchev–Trinajstić information content (AvgIpc) is 3.10. The Kier molecular flexibility index (Phi) is 6.40. The van der Waals surface area contributed by atoms with Gasteiger partial charge in [0.25, 0.3) is 5.91 Å². The molecule has 2 atom stereocenters. The number of nitriles is 1. The second-order valence-electron chi connectivity index (χ2n) is 6.28. The first-order valence-corrected chi connectivity index (χ1v) is 9.62. The summed E-state index contributed by atoms with van der Waals surface area (Å²) < 4.78 is 11.3. The van der Waals surface area contributed by atoms with Crippen molar-refractivity contribution in [3.05, 3.63) is 42.0 Å². The van der Waals surface area contributed by atoms with Crippen molar-refractivity contribution in [3.8, 4) is 16.5 Å². The summed E-state index contributed by atoms with van der Waals surface area (Å²) in [6.45, 7) is 2.90. The second-order valence-corrected chi connectivity index (χ2v) is 7.34. The van der Waals surface area contributed by atoms with Gasteiger partial charge in [-0.1, -0.05) is 30.3 Å². The van der Waals surface area contributed by atoms with Gasteiger partial charge in [0.15, 0.2) is 0 Å².